The summed E-state index contributed by atoms with van der Waals surface area (Å²) in [7, 11) is 0. The van der Waals surface area contributed by atoms with Gasteiger partial charge in [0.15, 0.2) is 11.6 Å². The molecule has 2 aliphatic rings. The quantitative estimate of drug-likeness (QED) is 0.712. The van der Waals surface area contributed by atoms with Crippen molar-refractivity contribution in [3.8, 4) is 5.75 Å². The number of carbonyl (C=O) groups excluding carboxylic acids is 3. The Morgan fingerprint density at radius 3 is 2.37 bits per heavy atom. The molecule has 30 heavy (non-hydrogen) atoms. The van der Waals surface area contributed by atoms with Gasteiger partial charge in [-0.15, -0.1) is 0 Å². The maximum absolute atomic E-state index is 12.8. The molecule has 156 valence electrons. The molecule has 0 aromatic heterocycles. The number of hydrogen-bond donors (Lipinski definition) is 0. The van der Waals surface area contributed by atoms with E-state index < -0.39 is 5.60 Å². The molecular weight excluding hydrogens is 378 g/mol. The van der Waals surface area contributed by atoms with E-state index in [9.17, 15) is 14.4 Å². The Hall–Kier alpha value is -2.95. The van der Waals surface area contributed by atoms with Crippen LogP contribution in [0, 0.1) is 13.8 Å². The first-order valence-electron chi connectivity index (χ1n) is 10.6. The van der Waals surface area contributed by atoms with E-state index in [-0.39, 0.29) is 30.3 Å². The monoisotopic (exact) mass is 405 g/mol. The molecule has 1 fully saturated rings. The summed E-state index contributed by atoms with van der Waals surface area (Å²) in [5.74, 6) is 0.763. The Balaban J connectivity index is 1.35. The number of likely N-dealkylation sites (tertiary alicyclic amines) is 1. The third-order valence-corrected chi connectivity index (χ3v) is 6.39. The second-order valence-electron chi connectivity index (χ2n) is 8.49. The minimum absolute atomic E-state index is 0.0110. The summed E-state index contributed by atoms with van der Waals surface area (Å²) in [6.45, 7) is 5.11. The fourth-order valence-corrected chi connectivity index (χ4v) is 4.34. The van der Waals surface area contributed by atoms with Crippen LogP contribution in [0.4, 0.5) is 0 Å². The summed E-state index contributed by atoms with van der Waals surface area (Å²) in [6, 6.07) is 12.9. The van der Waals surface area contributed by atoms with Crippen LogP contribution >= 0.6 is 0 Å². The van der Waals surface area contributed by atoms with E-state index >= 15 is 0 Å². The van der Waals surface area contributed by atoms with Gasteiger partial charge in [-0.05, 0) is 37.1 Å². The van der Waals surface area contributed by atoms with Gasteiger partial charge < -0.3 is 9.64 Å². The molecule has 1 spiro atoms. The Morgan fingerprint density at radius 2 is 1.67 bits per heavy atom. The largest absolute Gasteiger partial charge is 0.486 e. The van der Waals surface area contributed by atoms with Crippen LogP contribution in [0.5, 0.6) is 5.75 Å². The lowest BCUT2D eigenvalue weighted by Crippen LogP contribution is -2.52. The second-order valence-corrected chi connectivity index (χ2v) is 8.49. The zero-order valence-electron chi connectivity index (χ0n) is 17.6. The minimum Gasteiger partial charge on any atom is -0.486 e. The lowest BCUT2D eigenvalue weighted by molar-refractivity contribution is -0.134. The highest BCUT2D eigenvalue weighted by atomic mass is 16.5. The van der Waals surface area contributed by atoms with Crippen LogP contribution in [-0.4, -0.2) is 41.1 Å². The molecule has 1 amide bonds. The van der Waals surface area contributed by atoms with E-state index in [1.54, 1.807) is 17.0 Å². The molecule has 1 saturated heterocycles. The van der Waals surface area contributed by atoms with Crippen molar-refractivity contribution in [2.45, 2.75) is 51.6 Å². The van der Waals surface area contributed by atoms with Gasteiger partial charge in [-0.3, -0.25) is 14.4 Å². The molecule has 0 atom stereocenters. The van der Waals surface area contributed by atoms with Gasteiger partial charge in [0.2, 0.25) is 5.91 Å². The van der Waals surface area contributed by atoms with Crippen LogP contribution in [0.3, 0.4) is 0 Å². The first-order valence-corrected chi connectivity index (χ1v) is 10.6. The second kappa shape index (κ2) is 8.05. The number of carbonyl (C=O) groups is 3. The van der Waals surface area contributed by atoms with Crippen LogP contribution in [0.2, 0.25) is 0 Å². The summed E-state index contributed by atoms with van der Waals surface area (Å²) in [6.07, 6.45) is 2.04. The van der Waals surface area contributed by atoms with E-state index in [0.717, 1.165) is 11.1 Å². The average Bonchev–Trinajstić information content (AvgIpc) is 2.74. The molecule has 0 N–H and O–H groups in total. The van der Waals surface area contributed by atoms with Gasteiger partial charge in [-0.2, -0.15) is 0 Å². The van der Waals surface area contributed by atoms with Crippen molar-refractivity contribution in [1.29, 1.82) is 0 Å². The van der Waals surface area contributed by atoms with E-state index in [4.69, 9.17) is 4.74 Å². The lowest BCUT2D eigenvalue weighted by Gasteiger charge is -2.44. The zero-order valence-corrected chi connectivity index (χ0v) is 17.6. The maximum Gasteiger partial charge on any atom is 0.223 e. The Bertz CT molecular complexity index is 988. The zero-order chi connectivity index (χ0) is 21.3. The van der Waals surface area contributed by atoms with Crippen molar-refractivity contribution in [2.75, 3.05) is 13.1 Å². The number of aryl methyl sites for hydroxylation is 2. The van der Waals surface area contributed by atoms with Gasteiger partial charge in [-0.25, -0.2) is 0 Å². The van der Waals surface area contributed by atoms with Gasteiger partial charge in [0.1, 0.15) is 11.4 Å². The molecule has 5 nitrogen and oxygen atoms in total. The number of amides is 1. The number of ether oxygens (including phenoxy) is 1. The number of hydrogen-bond acceptors (Lipinski definition) is 4. The van der Waals surface area contributed by atoms with Crippen LogP contribution in [-0.2, 0) is 4.79 Å². The van der Waals surface area contributed by atoms with E-state index in [2.05, 4.69) is 0 Å². The number of rotatable bonds is 4. The fourth-order valence-electron chi connectivity index (χ4n) is 4.34. The van der Waals surface area contributed by atoms with Crippen molar-refractivity contribution >= 4 is 17.5 Å². The van der Waals surface area contributed by atoms with Crippen molar-refractivity contribution in [2.24, 2.45) is 0 Å². The first-order chi connectivity index (χ1) is 14.4. The van der Waals surface area contributed by atoms with Crippen molar-refractivity contribution < 1.29 is 19.1 Å². The van der Waals surface area contributed by atoms with Crippen LogP contribution < -0.4 is 4.74 Å². The summed E-state index contributed by atoms with van der Waals surface area (Å²) in [5, 5.41) is 0. The van der Waals surface area contributed by atoms with E-state index in [1.165, 1.54) is 0 Å². The minimum atomic E-state index is -0.525. The SMILES string of the molecule is Cc1cc2c(cc1C)C(=O)CC1(CCN(C(=O)CCC(=O)c3ccccc3)CC1)O2. The molecule has 0 bridgehead atoms. The number of ketones is 2. The van der Waals surface area contributed by atoms with Gasteiger partial charge in [0.05, 0.1) is 12.0 Å². The lowest BCUT2D eigenvalue weighted by atomic mass is 9.82. The molecule has 2 heterocycles. The van der Waals surface area contributed by atoms with Gasteiger partial charge in [-0.1, -0.05) is 30.3 Å². The van der Waals surface area contributed by atoms with Crippen LogP contribution in [0.1, 0.15) is 63.9 Å². The first kappa shape index (κ1) is 20.3. The Morgan fingerprint density at radius 1 is 1.00 bits per heavy atom. The summed E-state index contributed by atoms with van der Waals surface area (Å²) in [5.41, 5.74) is 2.98. The number of fused-ring (bicyclic) bond motifs is 1. The van der Waals surface area contributed by atoms with E-state index in [0.29, 0.717) is 49.2 Å². The van der Waals surface area contributed by atoms with Gasteiger partial charge in [0, 0.05) is 44.3 Å². The molecule has 5 heteroatoms. The third-order valence-electron chi connectivity index (χ3n) is 6.39. The maximum atomic E-state index is 12.8. The van der Waals surface area contributed by atoms with Crippen molar-refractivity contribution in [3.05, 3.63) is 64.7 Å². The summed E-state index contributed by atoms with van der Waals surface area (Å²) >= 11 is 0. The van der Waals surface area contributed by atoms with E-state index in [1.807, 2.05) is 44.2 Å². The average molecular weight is 405 g/mol. The molecule has 2 aromatic rings. The molecule has 4 rings (SSSR count). The number of Topliss-reactive ketones (excluding diaryl/α,β-unsaturated/α-hetero) is 2. The molecule has 0 unspecified atom stereocenters. The predicted molar refractivity (Wildman–Crippen MR) is 114 cm³/mol. The van der Waals surface area contributed by atoms with Crippen LogP contribution in [0.25, 0.3) is 0 Å². The Labute approximate surface area is 177 Å². The molecule has 0 saturated carbocycles. The highest BCUT2D eigenvalue weighted by Crippen LogP contribution is 2.40. The van der Waals surface area contributed by atoms with Gasteiger partial charge >= 0.3 is 0 Å². The molecule has 0 radical (unpaired) electrons. The molecule has 2 aromatic carbocycles. The summed E-state index contributed by atoms with van der Waals surface area (Å²) < 4.78 is 6.34. The van der Waals surface area contributed by atoms with Crippen LogP contribution in [0.15, 0.2) is 42.5 Å². The van der Waals surface area contributed by atoms with Crippen molar-refractivity contribution in [1.82, 2.24) is 4.90 Å². The molecule has 2 aliphatic heterocycles. The normalized spacial score (nSPS) is 17.4. The van der Waals surface area contributed by atoms with Crippen molar-refractivity contribution in [3.63, 3.8) is 0 Å². The summed E-state index contributed by atoms with van der Waals surface area (Å²) in [4.78, 5) is 39.4. The van der Waals surface area contributed by atoms with Gasteiger partial charge in [0.25, 0.3) is 0 Å². The topological polar surface area (TPSA) is 63.7 Å². The third kappa shape index (κ3) is 4.02. The molecular formula is C25H27NO4. The molecule has 0 aliphatic carbocycles. The highest BCUT2D eigenvalue weighted by molar-refractivity contribution is 6.01. The predicted octanol–water partition coefficient (Wildman–Crippen LogP) is 4.29. The smallest absolute Gasteiger partial charge is 0.223 e. The highest BCUT2D eigenvalue weighted by Gasteiger charge is 2.43. The fraction of sp³-hybridized carbons (Fsp3) is 0.400. The standard InChI is InChI=1S/C25H27NO4/c1-17-14-20-22(28)16-25(30-23(20)15-18(17)2)10-12-26(13-11-25)24(29)9-8-21(27)19-6-4-3-5-7-19/h3-7,14-15H,8-13,16H2,1-2H3. The number of piperidine rings is 1. The number of benzene rings is 2. The number of nitrogens with zero attached hydrogens (tertiary/aromatic N) is 1. The Kier molecular flexibility index (Phi) is 5.46.